The first-order valence-corrected chi connectivity index (χ1v) is 14.2. The number of rotatable bonds is 5. The number of hydrogen-bond donors (Lipinski definition) is 4. The number of fused-ring (bicyclic) bond motifs is 4. The number of carbonyl (C=O) groups excluding carboxylic acids is 4. The Morgan fingerprint density at radius 3 is 2.76 bits per heavy atom. The number of ether oxygens (including phenoxy) is 1. The molecule has 45 heavy (non-hydrogen) atoms. The number of carbonyl (C=O) groups is 4. The lowest BCUT2D eigenvalue weighted by molar-refractivity contribution is -0.125. The predicted octanol–water partition coefficient (Wildman–Crippen LogP) is 4.32. The van der Waals surface area contributed by atoms with Gasteiger partial charge >= 0.3 is 12.1 Å². The fraction of sp³-hybridized carbons (Fsp3) is 0.241. The van der Waals surface area contributed by atoms with E-state index >= 15 is 0 Å². The van der Waals surface area contributed by atoms with E-state index in [9.17, 15) is 19.2 Å². The largest absolute Gasteiger partial charge is 0.453 e. The van der Waals surface area contributed by atoms with E-state index in [2.05, 4.69) is 46.2 Å². The molecule has 0 spiro atoms. The number of aromatic amines is 1. The number of imide groups is 1. The number of imidazole rings is 1. The van der Waals surface area contributed by atoms with Crippen molar-refractivity contribution >= 4 is 53.0 Å². The summed E-state index contributed by atoms with van der Waals surface area (Å²) in [7, 11) is 1.24. The van der Waals surface area contributed by atoms with Crippen LogP contribution in [0.15, 0.2) is 55.0 Å². The average molecular weight is 633 g/mol. The lowest BCUT2D eigenvalue weighted by Crippen LogP contribution is -2.39. The molecule has 1 aliphatic heterocycles. The van der Waals surface area contributed by atoms with Crippen LogP contribution in [0, 0.1) is 0 Å². The smallest absolute Gasteiger partial charge is 0.411 e. The SMILES string of the molecule is COC(=O)Nc1ccc2c(c1)NC(=O)N(C(C)=O)CCCC[C@H](NC(=O)/C=C/c1cc(Cl)ccc1-n1cnnn1)c1ncc-2[nH]1. The number of tetrazole rings is 1. The van der Waals surface area contributed by atoms with E-state index < -0.39 is 24.1 Å². The van der Waals surface area contributed by atoms with Gasteiger partial charge in [-0.25, -0.2) is 14.6 Å². The number of urea groups is 1. The molecule has 16 heteroatoms. The summed E-state index contributed by atoms with van der Waals surface area (Å²) in [5, 5.41) is 20.1. The van der Waals surface area contributed by atoms with Crippen molar-refractivity contribution in [1.82, 2.24) is 40.4 Å². The minimum atomic E-state index is -0.685. The molecule has 1 aliphatic rings. The fourth-order valence-electron chi connectivity index (χ4n) is 4.78. The van der Waals surface area contributed by atoms with Crippen LogP contribution in [0.2, 0.25) is 5.02 Å². The average Bonchev–Trinajstić information content (AvgIpc) is 3.72. The fourth-order valence-corrected chi connectivity index (χ4v) is 4.97. The third-order valence-electron chi connectivity index (χ3n) is 6.97. The van der Waals surface area contributed by atoms with Gasteiger partial charge in [-0.3, -0.25) is 19.8 Å². The van der Waals surface area contributed by atoms with Gasteiger partial charge in [0.15, 0.2) is 0 Å². The predicted molar refractivity (Wildman–Crippen MR) is 164 cm³/mol. The summed E-state index contributed by atoms with van der Waals surface area (Å²) in [5.74, 6) is -0.306. The van der Waals surface area contributed by atoms with Crippen LogP contribution in [0.4, 0.5) is 21.0 Å². The van der Waals surface area contributed by atoms with Crippen molar-refractivity contribution in [3.8, 4) is 16.9 Å². The molecular formula is C29H29ClN10O5. The molecule has 2 bridgehead atoms. The molecule has 3 heterocycles. The van der Waals surface area contributed by atoms with Gasteiger partial charge in [-0.1, -0.05) is 11.6 Å². The number of nitrogens with zero attached hydrogens (tertiary/aromatic N) is 6. The summed E-state index contributed by atoms with van der Waals surface area (Å²) in [6.07, 6.45) is 6.86. The van der Waals surface area contributed by atoms with Gasteiger partial charge in [-0.2, -0.15) is 4.68 Å². The maximum Gasteiger partial charge on any atom is 0.411 e. The van der Waals surface area contributed by atoms with Gasteiger partial charge in [-0.15, -0.1) is 5.10 Å². The van der Waals surface area contributed by atoms with E-state index in [1.165, 1.54) is 31.1 Å². The second kappa shape index (κ2) is 13.8. The standard InChI is InChI=1S/C29H29ClN10O5/c1-17(41)39-12-4-3-5-22(34-26(42)11-6-18-13-19(30)7-10-25(18)40-16-32-37-38-40)27-31-15-24(35-27)21-9-8-20(33-29(44)45-2)14-23(21)36-28(39)43/h6-11,13-16,22H,3-5,12H2,1-2H3,(H,31,35)(H,33,44)(H,34,42)(H,36,43)/b11-6+/t22-/m0/s1. The molecule has 2 aromatic carbocycles. The first-order valence-electron chi connectivity index (χ1n) is 13.9. The van der Waals surface area contributed by atoms with Crippen LogP contribution in [-0.2, 0) is 14.3 Å². The van der Waals surface area contributed by atoms with Crippen LogP contribution < -0.4 is 16.0 Å². The van der Waals surface area contributed by atoms with Crippen molar-refractivity contribution in [2.75, 3.05) is 24.3 Å². The Labute approximate surface area is 262 Å². The molecule has 0 saturated heterocycles. The van der Waals surface area contributed by atoms with Crippen LogP contribution in [0.25, 0.3) is 23.0 Å². The third-order valence-corrected chi connectivity index (χ3v) is 7.21. The molecule has 0 unspecified atom stereocenters. The molecule has 4 N–H and O–H groups in total. The quantitative estimate of drug-likeness (QED) is 0.232. The summed E-state index contributed by atoms with van der Waals surface area (Å²) in [4.78, 5) is 59.4. The molecule has 0 aliphatic carbocycles. The van der Waals surface area contributed by atoms with Crippen molar-refractivity contribution in [1.29, 1.82) is 0 Å². The van der Waals surface area contributed by atoms with Crippen molar-refractivity contribution in [2.45, 2.75) is 32.2 Å². The number of aromatic nitrogens is 6. The summed E-state index contributed by atoms with van der Waals surface area (Å²) < 4.78 is 6.13. The van der Waals surface area contributed by atoms with Gasteiger partial charge in [0.05, 0.1) is 36.4 Å². The van der Waals surface area contributed by atoms with Crippen LogP contribution in [0.5, 0.6) is 0 Å². The highest BCUT2D eigenvalue weighted by molar-refractivity contribution is 6.30. The molecule has 232 valence electrons. The number of amides is 5. The summed E-state index contributed by atoms with van der Waals surface area (Å²) in [5.41, 5.74) is 3.02. The van der Waals surface area contributed by atoms with Crippen molar-refractivity contribution in [3.05, 3.63) is 71.4 Å². The zero-order valence-electron chi connectivity index (χ0n) is 24.3. The van der Waals surface area contributed by atoms with Gasteiger partial charge in [0.1, 0.15) is 12.2 Å². The highest BCUT2D eigenvalue weighted by Gasteiger charge is 2.23. The lowest BCUT2D eigenvalue weighted by atomic mass is 10.1. The second-order valence-electron chi connectivity index (χ2n) is 10.0. The number of methoxy groups -OCH3 is 1. The number of nitrogens with one attached hydrogen (secondary N) is 4. The third kappa shape index (κ3) is 7.51. The zero-order valence-corrected chi connectivity index (χ0v) is 25.0. The van der Waals surface area contributed by atoms with Gasteiger partial charge in [0.2, 0.25) is 11.8 Å². The van der Waals surface area contributed by atoms with Gasteiger partial charge in [0.25, 0.3) is 0 Å². The molecule has 5 amide bonds. The zero-order chi connectivity index (χ0) is 31.9. The highest BCUT2D eigenvalue weighted by atomic mass is 35.5. The highest BCUT2D eigenvalue weighted by Crippen LogP contribution is 2.32. The van der Waals surface area contributed by atoms with Gasteiger partial charge in [0, 0.05) is 41.4 Å². The van der Waals surface area contributed by atoms with E-state index in [1.807, 2.05) is 0 Å². The van der Waals surface area contributed by atoms with E-state index in [0.29, 0.717) is 64.0 Å². The Hall–Kier alpha value is -5.57. The summed E-state index contributed by atoms with van der Waals surface area (Å²) >= 11 is 6.20. The summed E-state index contributed by atoms with van der Waals surface area (Å²) in [6.45, 7) is 1.48. The van der Waals surface area contributed by atoms with E-state index in [-0.39, 0.29) is 12.5 Å². The Kier molecular flexibility index (Phi) is 9.48. The van der Waals surface area contributed by atoms with E-state index in [4.69, 9.17) is 11.6 Å². The van der Waals surface area contributed by atoms with Crippen LogP contribution in [0.1, 0.15) is 43.6 Å². The maximum absolute atomic E-state index is 13.2. The first kappa shape index (κ1) is 30.9. The molecule has 0 radical (unpaired) electrons. The molecule has 5 rings (SSSR count). The molecule has 1 atom stereocenters. The Bertz CT molecular complexity index is 1750. The normalized spacial score (nSPS) is 15.2. The maximum atomic E-state index is 13.2. The van der Waals surface area contributed by atoms with Crippen molar-refractivity contribution in [3.63, 3.8) is 0 Å². The first-order chi connectivity index (χ1) is 21.7. The number of halogens is 1. The Balaban J connectivity index is 1.43. The minimum Gasteiger partial charge on any atom is -0.453 e. The molecule has 2 aromatic heterocycles. The second-order valence-corrected chi connectivity index (χ2v) is 10.4. The van der Waals surface area contributed by atoms with Crippen LogP contribution in [0.3, 0.4) is 0 Å². The summed E-state index contributed by atoms with van der Waals surface area (Å²) in [6, 6.07) is 8.86. The topological polar surface area (TPSA) is 189 Å². The van der Waals surface area contributed by atoms with Crippen LogP contribution in [-0.4, -0.2) is 72.7 Å². The number of H-pyrrole nitrogens is 1. The van der Waals surface area contributed by atoms with Gasteiger partial charge < -0.3 is 20.4 Å². The Morgan fingerprint density at radius 1 is 1.16 bits per heavy atom. The number of hydrogen-bond acceptors (Lipinski definition) is 9. The lowest BCUT2D eigenvalue weighted by Gasteiger charge is -2.21. The molecule has 0 fully saturated rings. The molecule has 4 aromatic rings. The minimum absolute atomic E-state index is 0.161. The Morgan fingerprint density at radius 2 is 2.00 bits per heavy atom. The number of benzene rings is 2. The molecular weight excluding hydrogens is 604 g/mol. The van der Waals surface area contributed by atoms with Crippen molar-refractivity contribution < 1.29 is 23.9 Å². The van der Waals surface area contributed by atoms with E-state index in [0.717, 1.165) is 4.90 Å². The molecule has 0 saturated carbocycles. The van der Waals surface area contributed by atoms with Gasteiger partial charge in [-0.05, 0) is 72.2 Å². The number of anilines is 2. The van der Waals surface area contributed by atoms with Crippen LogP contribution >= 0.6 is 11.6 Å². The van der Waals surface area contributed by atoms with Crippen molar-refractivity contribution in [2.24, 2.45) is 0 Å². The van der Waals surface area contributed by atoms with E-state index in [1.54, 1.807) is 48.7 Å². The molecule has 15 nitrogen and oxygen atoms in total. The monoisotopic (exact) mass is 632 g/mol.